The van der Waals surface area contributed by atoms with E-state index in [1.807, 2.05) is 25.1 Å². The molecular formula is C22H24O7. The van der Waals surface area contributed by atoms with Crippen molar-refractivity contribution < 1.29 is 33.7 Å². The predicted octanol–water partition coefficient (Wildman–Crippen LogP) is 3.42. The summed E-state index contributed by atoms with van der Waals surface area (Å²) in [7, 11) is 0. The predicted molar refractivity (Wildman–Crippen MR) is 106 cm³/mol. The zero-order valence-electron chi connectivity index (χ0n) is 16.3. The molecule has 0 bridgehead atoms. The van der Waals surface area contributed by atoms with Crippen LogP contribution in [0.5, 0.6) is 0 Å². The third-order valence-corrected chi connectivity index (χ3v) is 4.02. The number of aliphatic carboxylic acids is 1. The van der Waals surface area contributed by atoms with E-state index in [1.165, 1.54) is 0 Å². The van der Waals surface area contributed by atoms with Crippen LogP contribution in [0.2, 0.25) is 0 Å². The van der Waals surface area contributed by atoms with Crippen molar-refractivity contribution in [1.29, 1.82) is 0 Å². The normalized spacial score (nSPS) is 11.6. The van der Waals surface area contributed by atoms with Gasteiger partial charge in [0.25, 0.3) is 0 Å². The minimum atomic E-state index is -1.36. The molecule has 0 aromatic heterocycles. The van der Waals surface area contributed by atoms with Gasteiger partial charge in [-0.3, -0.25) is 4.79 Å². The molecule has 154 valence electrons. The Labute approximate surface area is 168 Å². The summed E-state index contributed by atoms with van der Waals surface area (Å²) in [6.45, 7) is 6.18. The van der Waals surface area contributed by atoms with Crippen LogP contribution in [0.4, 0.5) is 0 Å². The van der Waals surface area contributed by atoms with Crippen LogP contribution in [-0.4, -0.2) is 42.8 Å². The number of carboxylic acid groups (broad SMARTS) is 1. The van der Waals surface area contributed by atoms with Gasteiger partial charge in [0.2, 0.25) is 6.10 Å². The van der Waals surface area contributed by atoms with Gasteiger partial charge in [-0.2, -0.15) is 0 Å². The van der Waals surface area contributed by atoms with Crippen molar-refractivity contribution in [3.05, 3.63) is 60.2 Å². The standard InChI is InChI=1S/C22H24O7/c1-3-11-27-12-13-28-22(26)20(29-21(25)15(2)14-19(23)24)18-10-6-8-16-7-4-5-9-17(16)18/h4-10,20H,2-3,11-14H2,1H3,(H,23,24). The lowest BCUT2D eigenvalue weighted by Gasteiger charge is -2.19. The van der Waals surface area contributed by atoms with Gasteiger partial charge >= 0.3 is 17.9 Å². The summed E-state index contributed by atoms with van der Waals surface area (Å²) < 4.78 is 15.8. The lowest BCUT2D eigenvalue weighted by atomic mass is 10.00. The SMILES string of the molecule is C=C(CC(=O)O)C(=O)OC(C(=O)OCCOCCC)c1cccc2ccccc12. The topological polar surface area (TPSA) is 99.1 Å². The minimum Gasteiger partial charge on any atom is -0.481 e. The molecule has 0 amide bonds. The molecule has 2 aromatic carbocycles. The summed E-state index contributed by atoms with van der Waals surface area (Å²) in [5, 5.41) is 10.4. The summed E-state index contributed by atoms with van der Waals surface area (Å²) in [5.41, 5.74) is 0.181. The fourth-order valence-electron chi connectivity index (χ4n) is 2.69. The van der Waals surface area contributed by atoms with Crippen molar-refractivity contribution in [3.63, 3.8) is 0 Å². The first-order valence-corrected chi connectivity index (χ1v) is 9.26. The molecular weight excluding hydrogens is 376 g/mol. The summed E-state index contributed by atoms with van der Waals surface area (Å²) in [6, 6.07) is 12.6. The molecule has 0 heterocycles. The molecule has 0 fully saturated rings. The van der Waals surface area contributed by atoms with Crippen molar-refractivity contribution in [3.8, 4) is 0 Å². The second-order valence-corrected chi connectivity index (χ2v) is 6.31. The highest BCUT2D eigenvalue weighted by Crippen LogP contribution is 2.28. The second-order valence-electron chi connectivity index (χ2n) is 6.31. The Morgan fingerprint density at radius 1 is 1.03 bits per heavy atom. The molecule has 0 saturated carbocycles. The van der Waals surface area contributed by atoms with E-state index in [0.29, 0.717) is 12.2 Å². The average molecular weight is 400 g/mol. The highest BCUT2D eigenvalue weighted by molar-refractivity contribution is 5.96. The Kier molecular flexibility index (Phi) is 8.36. The number of carboxylic acids is 1. The Balaban J connectivity index is 2.25. The first-order valence-electron chi connectivity index (χ1n) is 9.26. The molecule has 1 N–H and O–H groups in total. The van der Waals surface area contributed by atoms with E-state index >= 15 is 0 Å². The third-order valence-electron chi connectivity index (χ3n) is 4.02. The summed E-state index contributed by atoms with van der Waals surface area (Å²) >= 11 is 0. The molecule has 0 spiro atoms. The van der Waals surface area contributed by atoms with Gasteiger partial charge in [0.15, 0.2) is 0 Å². The van der Waals surface area contributed by atoms with Crippen LogP contribution in [0.25, 0.3) is 10.8 Å². The zero-order valence-corrected chi connectivity index (χ0v) is 16.3. The molecule has 2 rings (SSSR count). The summed E-state index contributed by atoms with van der Waals surface area (Å²) in [4.78, 5) is 35.8. The molecule has 2 aromatic rings. The fourth-order valence-corrected chi connectivity index (χ4v) is 2.69. The Morgan fingerprint density at radius 2 is 1.76 bits per heavy atom. The molecule has 29 heavy (non-hydrogen) atoms. The molecule has 0 aliphatic carbocycles. The maximum atomic E-state index is 12.7. The number of ether oxygens (including phenoxy) is 3. The van der Waals surface area contributed by atoms with Crippen molar-refractivity contribution in [2.24, 2.45) is 0 Å². The van der Waals surface area contributed by atoms with Gasteiger partial charge < -0.3 is 19.3 Å². The van der Waals surface area contributed by atoms with Crippen LogP contribution in [0.3, 0.4) is 0 Å². The maximum Gasteiger partial charge on any atom is 0.352 e. The van der Waals surface area contributed by atoms with Crippen LogP contribution in [0.1, 0.15) is 31.4 Å². The van der Waals surface area contributed by atoms with Crippen LogP contribution in [0, 0.1) is 0 Å². The highest BCUT2D eigenvalue weighted by atomic mass is 16.6. The van der Waals surface area contributed by atoms with Crippen molar-refractivity contribution in [2.75, 3.05) is 19.8 Å². The number of fused-ring (bicyclic) bond motifs is 1. The van der Waals surface area contributed by atoms with Gasteiger partial charge in [0, 0.05) is 17.7 Å². The number of benzene rings is 2. The molecule has 7 heteroatoms. The Hall–Kier alpha value is -3.19. The van der Waals surface area contributed by atoms with Crippen LogP contribution in [-0.2, 0) is 28.6 Å². The van der Waals surface area contributed by atoms with Crippen LogP contribution < -0.4 is 0 Å². The number of esters is 2. The molecule has 0 aliphatic rings. The van der Waals surface area contributed by atoms with E-state index in [1.54, 1.807) is 24.3 Å². The number of carbonyl (C=O) groups is 3. The fraction of sp³-hybridized carbons (Fsp3) is 0.318. The lowest BCUT2D eigenvalue weighted by molar-refractivity contribution is -0.167. The van der Waals surface area contributed by atoms with Crippen LogP contribution >= 0.6 is 0 Å². The van der Waals surface area contributed by atoms with Crippen molar-refractivity contribution in [2.45, 2.75) is 25.9 Å². The van der Waals surface area contributed by atoms with E-state index in [-0.39, 0.29) is 18.8 Å². The van der Waals surface area contributed by atoms with E-state index in [0.717, 1.165) is 17.2 Å². The van der Waals surface area contributed by atoms with Crippen molar-refractivity contribution >= 4 is 28.7 Å². The highest BCUT2D eigenvalue weighted by Gasteiger charge is 2.29. The van der Waals surface area contributed by atoms with Gasteiger partial charge in [-0.05, 0) is 17.2 Å². The van der Waals surface area contributed by atoms with Crippen LogP contribution in [0.15, 0.2) is 54.6 Å². The first kappa shape index (κ1) is 22.1. The Bertz CT molecular complexity index is 882. The largest absolute Gasteiger partial charge is 0.481 e. The third kappa shape index (κ3) is 6.43. The second kappa shape index (κ2) is 11.0. The van der Waals surface area contributed by atoms with Gasteiger partial charge in [0.1, 0.15) is 6.61 Å². The lowest BCUT2D eigenvalue weighted by Crippen LogP contribution is -2.24. The molecule has 1 atom stereocenters. The van der Waals surface area contributed by atoms with Gasteiger partial charge in [-0.15, -0.1) is 0 Å². The van der Waals surface area contributed by atoms with E-state index in [9.17, 15) is 14.4 Å². The molecule has 7 nitrogen and oxygen atoms in total. The number of hydrogen-bond donors (Lipinski definition) is 1. The molecule has 0 radical (unpaired) electrons. The minimum absolute atomic E-state index is 0.00766. The number of carbonyl (C=O) groups excluding carboxylic acids is 2. The number of hydrogen-bond acceptors (Lipinski definition) is 6. The molecule has 0 aliphatic heterocycles. The number of rotatable bonds is 11. The quantitative estimate of drug-likeness (QED) is 0.350. The first-order chi connectivity index (χ1) is 13.9. The maximum absolute atomic E-state index is 12.7. The molecule has 0 saturated heterocycles. The van der Waals surface area contributed by atoms with Gasteiger partial charge in [-0.25, -0.2) is 9.59 Å². The summed E-state index contributed by atoms with van der Waals surface area (Å²) in [6.07, 6.45) is -1.10. The van der Waals surface area contributed by atoms with E-state index in [4.69, 9.17) is 19.3 Å². The molecule has 1 unspecified atom stereocenters. The zero-order chi connectivity index (χ0) is 21.2. The monoisotopic (exact) mass is 400 g/mol. The smallest absolute Gasteiger partial charge is 0.352 e. The van der Waals surface area contributed by atoms with E-state index in [2.05, 4.69) is 6.58 Å². The van der Waals surface area contributed by atoms with Gasteiger partial charge in [0.05, 0.1) is 13.0 Å². The Morgan fingerprint density at radius 3 is 2.48 bits per heavy atom. The average Bonchev–Trinajstić information content (AvgIpc) is 2.70. The van der Waals surface area contributed by atoms with Gasteiger partial charge in [-0.1, -0.05) is 56.0 Å². The summed E-state index contributed by atoms with van der Waals surface area (Å²) in [5.74, 6) is -2.95. The van der Waals surface area contributed by atoms with E-state index < -0.39 is 30.4 Å². The van der Waals surface area contributed by atoms with Crippen molar-refractivity contribution in [1.82, 2.24) is 0 Å².